The number of unbranched alkanes of at least 4 members (excludes halogenated alkanes) is 35. The first kappa shape index (κ1) is 54.4. The topological polar surface area (TPSA) is 78.9 Å². The Morgan fingerprint density at radius 3 is 0.714 bits per heavy atom. The van der Waals surface area contributed by atoms with E-state index in [-0.39, 0.29) is 31.1 Å². The molecule has 0 heterocycles. The van der Waals surface area contributed by atoms with Gasteiger partial charge >= 0.3 is 17.9 Å². The number of carbonyl (C=O) groups is 3. The zero-order chi connectivity index (χ0) is 40.8. The molecule has 0 bridgehead atoms. The molecule has 0 aliphatic heterocycles. The minimum Gasteiger partial charge on any atom is -0.462 e. The molecule has 1 unspecified atom stereocenters. The van der Waals surface area contributed by atoms with E-state index in [1.165, 1.54) is 186 Å². The summed E-state index contributed by atoms with van der Waals surface area (Å²) in [7, 11) is 0. The number of esters is 3. The van der Waals surface area contributed by atoms with E-state index >= 15 is 0 Å². The summed E-state index contributed by atoms with van der Waals surface area (Å²) in [6.07, 6.45) is 48.2. The Balaban J connectivity index is 4.13. The molecule has 0 amide bonds. The predicted octanol–water partition coefficient (Wildman–Crippen LogP) is 16.0. The first-order valence-corrected chi connectivity index (χ1v) is 25.0. The number of carbonyl (C=O) groups excluding carboxylic acids is 3. The average molecular weight is 793 g/mol. The summed E-state index contributed by atoms with van der Waals surface area (Å²) in [5, 5.41) is 0. The zero-order valence-electron chi connectivity index (χ0n) is 37.9. The Labute approximate surface area is 348 Å². The summed E-state index contributed by atoms with van der Waals surface area (Å²) < 4.78 is 16.7. The standard InChI is InChI=1S/C50H96O6/c1-4-7-10-13-16-19-21-22-23-24-25-26-27-28-29-30-32-34-37-40-43-49(52)55-46-47(45-54-48(51)42-39-36-33-18-15-12-9-6-3)56-50(53)44-41-38-35-31-20-17-14-11-8-5-2/h47H,4-46H2,1-3H3. The van der Waals surface area contributed by atoms with Gasteiger partial charge in [0, 0.05) is 19.3 Å². The van der Waals surface area contributed by atoms with Crippen molar-refractivity contribution in [2.24, 2.45) is 0 Å². The Kier molecular flexibility index (Phi) is 44.8. The summed E-state index contributed by atoms with van der Waals surface area (Å²) >= 11 is 0. The molecule has 0 aliphatic rings. The van der Waals surface area contributed by atoms with Gasteiger partial charge in [0.15, 0.2) is 6.10 Å². The van der Waals surface area contributed by atoms with Crippen molar-refractivity contribution in [3.63, 3.8) is 0 Å². The minimum absolute atomic E-state index is 0.0627. The molecule has 56 heavy (non-hydrogen) atoms. The highest BCUT2D eigenvalue weighted by molar-refractivity contribution is 5.71. The third kappa shape index (κ3) is 43.5. The number of rotatable bonds is 46. The maximum atomic E-state index is 12.7. The maximum absolute atomic E-state index is 12.7. The molecule has 6 heteroatoms. The van der Waals surface area contributed by atoms with E-state index in [1.54, 1.807) is 0 Å². The van der Waals surface area contributed by atoms with Gasteiger partial charge in [0.2, 0.25) is 0 Å². The normalized spacial score (nSPS) is 11.8. The highest BCUT2D eigenvalue weighted by Crippen LogP contribution is 2.17. The van der Waals surface area contributed by atoms with Gasteiger partial charge < -0.3 is 14.2 Å². The average Bonchev–Trinajstić information content (AvgIpc) is 3.19. The molecule has 0 aromatic carbocycles. The van der Waals surface area contributed by atoms with E-state index in [9.17, 15) is 14.4 Å². The highest BCUT2D eigenvalue weighted by Gasteiger charge is 2.19. The van der Waals surface area contributed by atoms with E-state index < -0.39 is 6.10 Å². The summed E-state index contributed by atoms with van der Waals surface area (Å²) in [5.74, 6) is -0.852. The molecule has 0 fully saturated rings. The summed E-state index contributed by atoms with van der Waals surface area (Å²) in [6, 6.07) is 0. The third-order valence-electron chi connectivity index (χ3n) is 11.4. The van der Waals surface area contributed by atoms with E-state index in [0.29, 0.717) is 19.3 Å². The first-order chi connectivity index (χ1) is 27.5. The van der Waals surface area contributed by atoms with Crippen LogP contribution in [0.1, 0.15) is 284 Å². The lowest BCUT2D eigenvalue weighted by Crippen LogP contribution is -2.30. The van der Waals surface area contributed by atoms with E-state index in [1.807, 2.05) is 0 Å². The van der Waals surface area contributed by atoms with Gasteiger partial charge in [0.25, 0.3) is 0 Å². The van der Waals surface area contributed by atoms with E-state index in [0.717, 1.165) is 57.8 Å². The van der Waals surface area contributed by atoms with Crippen molar-refractivity contribution in [1.29, 1.82) is 0 Å². The Morgan fingerprint density at radius 2 is 0.482 bits per heavy atom. The van der Waals surface area contributed by atoms with Gasteiger partial charge in [-0.05, 0) is 19.3 Å². The molecule has 1 atom stereocenters. The Hall–Kier alpha value is -1.59. The smallest absolute Gasteiger partial charge is 0.306 e. The molecule has 0 saturated carbocycles. The van der Waals surface area contributed by atoms with Gasteiger partial charge in [0.05, 0.1) is 0 Å². The van der Waals surface area contributed by atoms with Crippen molar-refractivity contribution in [1.82, 2.24) is 0 Å². The lowest BCUT2D eigenvalue weighted by Gasteiger charge is -2.18. The van der Waals surface area contributed by atoms with Crippen molar-refractivity contribution in [3.8, 4) is 0 Å². The van der Waals surface area contributed by atoms with Crippen LogP contribution in [0.15, 0.2) is 0 Å². The van der Waals surface area contributed by atoms with Gasteiger partial charge in [-0.25, -0.2) is 0 Å². The van der Waals surface area contributed by atoms with Crippen LogP contribution in [0.5, 0.6) is 0 Å². The van der Waals surface area contributed by atoms with E-state index in [2.05, 4.69) is 20.8 Å². The molecule has 0 aromatic heterocycles. The molecule has 0 radical (unpaired) electrons. The number of hydrogen-bond acceptors (Lipinski definition) is 6. The monoisotopic (exact) mass is 793 g/mol. The Bertz CT molecular complexity index is 828. The fourth-order valence-corrected chi connectivity index (χ4v) is 7.56. The molecule has 0 spiro atoms. The van der Waals surface area contributed by atoms with Crippen molar-refractivity contribution in [3.05, 3.63) is 0 Å². The highest BCUT2D eigenvalue weighted by atomic mass is 16.6. The summed E-state index contributed by atoms with van der Waals surface area (Å²) in [4.78, 5) is 37.7. The number of ether oxygens (including phenoxy) is 3. The van der Waals surface area contributed by atoms with Crippen LogP contribution in [0.2, 0.25) is 0 Å². The van der Waals surface area contributed by atoms with Crippen LogP contribution in [0.3, 0.4) is 0 Å². The fourth-order valence-electron chi connectivity index (χ4n) is 7.56. The van der Waals surface area contributed by atoms with Crippen LogP contribution in [0.4, 0.5) is 0 Å². The van der Waals surface area contributed by atoms with Gasteiger partial charge in [-0.2, -0.15) is 0 Å². The molecule has 0 saturated heterocycles. The fraction of sp³-hybridized carbons (Fsp3) is 0.940. The molecule has 0 N–H and O–H groups in total. The molecule has 332 valence electrons. The quantitative estimate of drug-likeness (QED) is 0.0347. The molecular formula is C50H96O6. The van der Waals surface area contributed by atoms with Gasteiger partial charge in [-0.15, -0.1) is 0 Å². The molecule has 0 aromatic rings. The third-order valence-corrected chi connectivity index (χ3v) is 11.4. The van der Waals surface area contributed by atoms with Crippen LogP contribution < -0.4 is 0 Å². The largest absolute Gasteiger partial charge is 0.462 e. The Morgan fingerprint density at radius 1 is 0.286 bits per heavy atom. The van der Waals surface area contributed by atoms with Crippen molar-refractivity contribution in [2.45, 2.75) is 290 Å². The lowest BCUT2D eigenvalue weighted by molar-refractivity contribution is -0.167. The van der Waals surface area contributed by atoms with Gasteiger partial charge in [-0.3, -0.25) is 14.4 Å². The van der Waals surface area contributed by atoms with Crippen molar-refractivity contribution < 1.29 is 28.6 Å². The van der Waals surface area contributed by atoms with Crippen LogP contribution in [0.25, 0.3) is 0 Å². The second kappa shape index (κ2) is 46.1. The maximum Gasteiger partial charge on any atom is 0.306 e. The second-order valence-electron chi connectivity index (χ2n) is 17.1. The minimum atomic E-state index is -0.757. The van der Waals surface area contributed by atoms with Gasteiger partial charge in [0.1, 0.15) is 13.2 Å². The molecule has 0 rings (SSSR count). The van der Waals surface area contributed by atoms with Gasteiger partial charge in [-0.1, -0.05) is 245 Å². The van der Waals surface area contributed by atoms with Crippen LogP contribution >= 0.6 is 0 Å². The predicted molar refractivity (Wildman–Crippen MR) is 238 cm³/mol. The lowest BCUT2D eigenvalue weighted by atomic mass is 10.0. The van der Waals surface area contributed by atoms with E-state index in [4.69, 9.17) is 14.2 Å². The van der Waals surface area contributed by atoms with Crippen LogP contribution in [-0.2, 0) is 28.6 Å². The first-order valence-electron chi connectivity index (χ1n) is 25.0. The molecular weight excluding hydrogens is 697 g/mol. The second-order valence-corrected chi connectivity index (χ2v) is 17.1. The van der Waals surface area contributed by atoms with Crippen LogP contribution in [-0.4, -0.2) is 37.2 Å². The van der Waals surface area contributed by atoms with Crippen molar-refractivity contribution >= 4 is 17.9 Å². The molecule has 6 nitrogen and oxygen atoms in total. The van der Waals surface area contributed by atoms with Crippen molar-refractivity contribution in [2.75, 3.05) is 13.2 Å². The summed E-state index contributed by atoms with van der Waals surface area (Å²) in [6.45, 7) is 6.63. The number of hydrogen-bond donors (Lipinski definition) is 0. The van der Waals surface area contributed by atoms with Crippen LogP contribution in [0, 0.1) is 0 Å². The SMILES string of the molecule is CCCCCCCCCCCCCCCCCCCCCCC(=O)OCC(COC(=O)CCCCCCCCCC)OC(=O)CCCCCCCCCCCC. The summed E-state index contributed by atoms with van der Waals surface area (Å²) in [5.41, 5.74) is 0. The molecule has 0 aliphatic carbocycles. The zero-order valence-corrected chi connectivity index (χ0v) is 37.9.